The summed E-state index contributed by atoms with van der Waals surface area (Å²) in [5.74, 6) is 2.66. The minimum absolute atomic E-state index is 0.829. The SMILES string of the molecule is CCc1nc(NC)c(C)c(NCCc2nccs2)n1. The summed E-state index contributed by atoms with van der Waals surface area (Å²) in [5, 5.41) is 9.63. The Balaban J connectivity index is 2.06. The minimum atomic E-state index is 0.829. The van der Waals surface area contributed by atoms with Crippen molar-refractivity contribution < 1.29 is 0 Å². The molecule has 0 spiro atoms. The highest BCUT2D eigenvalue weighted by molar-refractivity contribution is 7.09. The normalized spacial score (nSPS) is 10.5. The van der Waals surface area contributed by atoms with E-state index in [1.807, 2.05) is 25.5 Å². The van der Waals surface area contributed by atoms with E-state index in [1.165, 1.54) is 0 Å². The Labute approximate surface area is 117 Å². The van der Waals surface area contributed by atoms with Gasteiger partial charge in [-0.3, -0.25) is 0 Å². The fraction of sp³-hybridized carbons (Fsp3) is 0.462. The van der Waals surface area contributed by atoms with Crippen molar-refractivity contribution in [3.05, 3.63) is 28.0 Å². The molecule has 5 nitrogen and oxygen atoms in total. The number of aryl methyl sites for hydroxylation is 1. The molecule has 0 atom stereocenters. The predicted molar refractivity (Wildman–Crippen MR) is 80.0 cm³/mol. The van der Waals surface area contributed by atoms with Crippen LogP contribution in [0.1, 0.15) is 23.3 Å². The average Bonchev–Trinajstić information content (AvgIpc) is 2.94. The molecule has 0 radical (unpaired) electrons. The van der Waals surface area contributed by atoms with E-state index in [1.54, 1.807) is 11.3 Å². The van der Waals surface area contributed by atoms with Gasteiger partial charge >= 0.3 is 0 Å². The third kappa shape index (κ3) is 3.41. The Hall–Kier alpha value is -1.69. The van der Waals surface area contributed by atoms with Gasteiger partial charge in [0, 0.05) is 43.6 Å². The van der Waals surface area contributed by atoms with E-state index < -0.39 is 0 Å². The van der Waals surface area contributed by atoms with E-state index in [0.717, 1.165) is 47.4 Å². The maximum absolute atomic E-state index is 4.54. The van der Waals surface area contributed by atoms with Crippen LogP contribution in [0.25, 0.3) is 0 Å². The predicted octanol–water partition coefficient (Wildman–Crippen LogP) is 2.50. The molecule has 0 bridgehead atoms. The lowest BCUT2D eigenvalue weighted by Gasteiger charge is -2.12. The number of anilines is 2. The lowest BCUT2D eigenvalue weighted by molar-refractivity contribution is 0.915. The van der Waals surface area contributed by atoms with Gasteiger partial charge in [-0.2, -0.15) is 0 Å². The maximum Gasteiger partial charge on any atom is 0.134 e. The van der Waals surface area contributed by atoms with Gasteiger partial charge in [0.15, 0.2) is 0 Å². The third-order valence-electron chi connectivity index (χ3n) is 2.86. The summed E-state index contributed by atoms with van der Waals surface area (Å²) in [5.41, 5.74) is 1.05. The minimum Gasteiger partial charge on any atom is -0.373 e. The average molecular weight is 277 g/mol. The van der Waals surface area contributed by atoms with Crippen LogP contribution in [0.3, 0.4) is 0 Å². The fourth-order valence-corrected chi connectivity index (χ4v) is 2.42. The molecule has 0 amide bonds. The van der Waals surface area contributed by atoms with Crippen LogP contribution in [0, 0.1) is 6.92 Å². The second-order valence-electron chi connectivity index (χ2n) is 4.17. The van der Waals surface area contributed by atoms with Crippen molar-refractivity contribution in [2.75, 3.05) is 24.2 Å². The van der Waals surface area contributed by atoms with Gasteiger partial charge in [0.05, 0.1) is 5.01 Å². The highest BCUT2D eigenvalue weighted by atomic mass is 32.1. The first kappa shape index (κ1) is 13.7. The molecule has 2 aromatic rings. The van der Waals surface area contributed by atoms with Crippen LogP contribution in [-0.4, -0.2) is 28.5 Å². The quantitative estimate of drug-likeness (QED) is 0.849. The summed E-state index contributed by atoms with van der Waals surface area (Å²) < 4.78 is 0. The van der Waals surface area contributed by atoms with E-state index in [0.29, 0.717) is 0 Å². The zero-order chi connectivity index (χ0) is 13.7. The van der Waals surface area contributed by atoms with Gasteiger partial charge < -0.3 is 10.6 Å². The van der Waals surface area contributed by atoms with Crippen molar-refractivity contribution in [1.29, 1.82) is 0 Å². The molecule has 6 heteroatoms. The van der Waals surface area contributed by atoms with Crippen LogP contribution in [0.5, 0.6) is 0 Å². The Morgan fingerprint density at radius 3 is 2.68 bits per heavy atom. The molecule has 0 aliphatic carbocycles. The van der Waals surface area contributed by atoms with E-state index in [2.05, 4.69) is 32.5 Å². The number of thiazole rings is 1. The van der Waals surface area contributed by atoms with E-state index in [-0.39, 0.29) is 0 Å². The van der Waals surface area contributed by atoms with Crippen LogP contribution in [0.4, 0.5) is 11.6 Å². The summed E-state index contributed by atoms with van der Waals surface area (Å²) in [6, 6.07) is 0. The molecule has 0 unspecified atom stereocenters. The van der Waals surface area contributed by atoms with E-state index >= 15 is 0 Å². The van der Waals surface area contributed by atoms with Gasteiger partial charge in [-0.05, 0) is 6.92 Å². The Morgan fingerprint density at radius 2 is 2.05 bits per heavy atom. The molecule has 0 aliphatic rings. The molecule has 2 N–H and O–H groups in total. The first-order valence-corrected chi connectivity index (χ1v) is 7.30. The molecule has 0 saturated carbocycles. The summed E-state index contributed by atoms with van der Waals surface area (Å²) in [4.78, 5) is 13.3. The molecule has 0 saturated heterocycles. The van der Waals surface area contributed by atoms with Gasteiger partial charge in [0.25, 0.3) is 0 Å². The number of rotatable bonds is 6. The second kappa shape index (κ2) is 6.47. The Kier molecular flexibility index (Phi) is 4.68. The second-order valence-corrected chi connectivity index (χ2v) is 5.15. The first-order valence-electron chi connectivity index (χ1n) is 6.42. The van der Waals surface area contributed by atoms with Gasteiger partial charge in [0.2, 0.25) is 0 Å². The number of nitrogens with zero attached hydrogens (tertiary/aromatic N) is 3. The highest BCUT2D eigenvalue weighted by Gasteiger charge is 2.08. The molecule has 0 fully saturated rings. The first-order chi connectivity index (χ1) is 9.24. The highest BCUT2D eigenvalue weighted by Crippen LogP contribution is 2.19. The molecule has 19 heavy (non-hydrogen) atoms. The zero-order valence-corrected chi connectivity index (χ0v) is 12.3. The van der Waals surface area contributed by atoms with Crippen LogP contribution in [0.15, 0.2) is 11.6 Å². The van der Waals surface area contributed by atoms with Crippen molar-refractivity contribution in [1.82, 2.24) is 15.0 Å². The van der Waals surface area contributed by atoms with Crippen molar-refractivity contribution in [3.8, 4) is 0 Å². The summed E-state index contributed by atoms with van der Waals surface area (Å²) in [6.07, 6.45) is 3.58. The Bertz CT molecular complexity index is 524. The van der Waals surface area contributed by atoms with Crippen LogP contribution in [0.2, 0.25) is 0 Å². The molecule has 2 rings (SSSR count). The lowest BCUT2D eigenvalue weighted by atomic mass is 10.3. The molecule has 2 heterocycles. The summed E-state index contributed by atoms with van der Waals surface area (Å²) in [6.45, 7) is 4.91. The number of hydrogen-bond acceptors (Lipinski definition) is 6. The largest absolute Gasteiger partial charge is 0.373 e. The smallest absolute Gasteiger partial charge is 0.134 e. The van der Waals surface area contributed by atoms with E-state index in [4.69, 9.17) is 0 Å². The summed E-state index contributed by atoms with van der Waals surface area (Å²) in [7, 11) is 1.88. The van der Waals surface area contributed by atoms with Gasteiger partial charge in [-0.1, -0.05) is 6.92 Å². The van der Waals surface area contributed by atoms with Crippen LogP contribution < -0.4 is 10.6 Å². The van der Waals surface area contributed by atoms with Crippen molar-refractivity contribution >= 4 is 23.0 Å². The van der Waals surface area contributed by atoms with Gasteiger partial charge in [-0.25, -0.2) is 15.0 Å². The third-order valence-corrected chi connectivity index (χ3v) is 3.70. The van der Waals surface area contributed by atoms with Crippen molar-refractivity contribution in [3.63, 3.8) is 0 Å². The number of hydrogen-bond donors (Lipinski definition) is 2. The number of nitrogens with one attached hydrogen (secondary N) is 2. The molecule has 2 aromatic heterocycles. The van der Waals surface area contributed by atoms with Crippen LogP contribution >= 0.6 is 11.3 Å². The molecular formula is C13H19N5S. The van der Waals surface area contributed by atoms with Crippen molar-refractivity contribution in [2.24, 2.45) is 0 Å². The maximum atomic E-state index is 4.54. The Morgan fingerprint density at radius 1 is 1.26 bits per heavy atom. The standard InChI is InChI=1S/C13H19N5S/c1-4-10-17-12(14-3)9(2)13(18-10)16-6-5-11-15-7-8-19-11/h7-8H,4-6H2,1-3H3,(H2,14,16,17,18). The van der Waals surface area contributed by atoms with Crippen LogP contribution in [-0.2, 0) is 12.8 Å². The lowest BCUT2D eigenvalue weighted by Crippen LogP contribution is -2.11. The van der Waals surface area contributed by atoms with Crippen molar-refractivity contribution in [2.45, 2.75) is 26.7 Å². The number of aromatic nitrogens is 3. The molecule has 0 aliphatic heterocycles. The molecule has 0 aromatic carbocycles. The fourth-order valence-electron chi connectivity index (χ4n) is 1.80. The molecule has 102 valence electrons. The zero-order valence-electron chi connectivity index (χ0n) is 11.5. The monoisotopic (exact) mass is 277 g/mol. The van der Waals surface area contributed by atoms with Gasteiger partial charge in [-0.15, -0.1) is 11.3 Å². The summed E-state index contributed by atoms with van der Waals surface area (Å²) >= 11 is 1.68. The van der Waals surface area contributed by atoms with Gasteiger partial charge in [0.1, 0.15) is 17.5 Å². The topological polar surface area (TPSA) is 62.7 Å². The van der Waals surface area contributed by atoms with E-state index in [9.17, 15) is 0 Å². The molecular weight excluding hydrogens is 258 g/mol.